The molecule has 2 unspecified atom stereocenters. The monoisotopic (exact) mass is 312 g/mol. The number of thioether (sulfide) groups is 1. The van der Waals surface area contributed by atoms with E-state index in [1.807, 2.05) is 11.8 Å². The van der Waals surface area contributed by atoms with Gasteiger partial charge in [-0.3, -0.25) is 0 Å². The van der Waals surface area contributed by atoms with E-state index in [-0.39, 0.29) is 15.8 Å². The highest BCUT2D eigenvalue weighted by atomic mass is 32.2. The Morgan fingerprint density at radius 2 is 1.84 bits per heavy atom. The quantitative estimate of drug-likeness (QED) is 0.543. The summed E-state index contributed by atoms with van der Waals surface area (Å²) in [7, 11) is -1.71. The van der Waals surface area contributed by atoms with Gasteiger partial charge in [0.25, 0.3) is 0 Å². The summed E-state index contributed by atoms with van der Waals surface area (Å²) >= 11 is 2.01. The van der Waals surface area contributed by atoms with Gasteiger partial charge in [-0.25, -0.2) is 0 Å². The van der Waals surface area contributed by atoms with Gasteiger partial charge >= 0.3 is 0 Å². The van der Waals surface area contributed by atoms with Crippen molar-refractivity contribution in [2.45, 2.75) is 43.5 Å². The van der Waals surface area contributed by atoms with Crippen molar-refractivity contribution in [3.8, 4) is 0 Å². The van der Waals surface area contributed by atoms with Crippen LogP contribution in [0.4, 0.5) is 0 Å². The van der Waals surface area contributed by atoms with Crippen LogP contribution < -0.4 is 0 Å². The molecule has 106 valence electrons. The molecule has 0 saturated carbocycles. The van der Waals surface area contributed by atoms with E-state index < -0.39 is 8.32 Å². The first kappa shape index (κ1) is 15.4. The second-order valence-corrected chi connectivity index (χ2v) is 14.5. The summed E-state index contributed by atoms with van der Waals surface area (Å²) in [5.74, 6) is 1.11. The van der Waals surface area contributed by atoms with E-state index >= 15 is 0 Å². The molecule has 0 aliphatic carbocycles. The molecule has 1 aliphatic rings. The van der Waals surface area contributed by atoms with Gasteiger partial charge in [-0.1, -0.05) is 61.9 Å². The molecule has 2 rings (SSSR count). The maximum atomic E-state index is 6.62. The predicted octanol–water partition coefficient (Wildman–Crippen LogP) is 5.44. The van der Waals surface area contributed by atoms with E-state index in [0.29, 0.717) is 4.58 Å². The minimum Gasteiger partial charge on any atom is -0.362 e. The Kier molecular flexibility index (Phi) is 4.66. The molecule has 0 saturated heterocycles. The maximum absolute atomic E-state index is 6.62. The van der Waals surface area contributed by atoms with Gasteiger partial charge in [0.05, 0.1) is 4.58 Å². The van der Waals surface area contributed by atoms with E-state index in [0.717, 1.165) is 5.75 Å². The van der Waals surface area contributed by atoms with E-state index in [4.69, 9.17) is 3.87 Å². The Hall–Kier alpha value is -0.0331. The Labute approximate surface area is 125 Å². The third-order valence-corrected chi connectivity index (χ3v) is 13.2. The number of benzene rings is 1. The summed E-state index contributed by atoms with van der Waals surface area (Å²) in [5, 5.41) is 2.66. The second-order valence-electron chi connectivity index (χ2n) is 6.41. The third-order valence-electron chi connectivity index (χ3n) is 3.87. The summed E-state index contributed by atoms with van der Waals surface area (Å²) < 4.78 is 7.12. The lowest BCUT2D eigenvalue weighted by molar-refractivity contribution is 0.548. The second kappa shape index (κ2) is 5.76. The topological polar surface area (TPSA) is 9.23 Å². The van der Waals surface area contributed by atoms with Crippen LogP contribution in [0, 0.1) is 0 Å². The zero-order chi connectivity index (χ0) is 14.1. The first-order valence-electron chi connectivity index (χ1n) is 6.72. The van der Waals surface area contributed by atoms with Crippen molar-refractivity contribution in [2.24, 2.45) is 0 Å². The van der Waals surface area contributed by atoms with Crippen LogP contribution in [-0.2, 0) is 3.87 Å². The smallest absolute Gasteiger partial charge is 0.210 e. The van der Waals surface area contributed by atoms with Crippen LogP contribution in [0.2, 0.25) is 18.1 Å². The van der Waals surface area contributed by atoms with E-state index in [2.05, 4.69) is 69.6 Å². The summed E-state index contributed by atoms with van der Waals surface area (Å²) in [6, 6.07) is 10.8. The molecule has 0 N–H and O–H groups in total. The van der Waals surface area contributed by atoms with Crippen molar-refractivity contribution in [3.63, 3.8) is 0 Å². The molecule has 0 amide bonds. The van der Waals surface area contributed by atoms with Gasteiger partial charge in [0.2, 0.25) is 8.32 Å². The molecule has 0 aromatic heterocycles. The van der Waals surface area contributed by atoms with Gasteiger partial charge in [0.1, 0.15) is 0 Å². The fourth-order valence-corrected chi connectivity index (χ4v) is 8.52. The lowest BCUT2D eigenvalue weighted by atomic mass is 10.2. The molecule has 0 fully saturated rings. The lowest BCUT2D eigenvalue weighted by Gasteiger charge is -2.37. The average Bonchev–Trinajstić information content (AvgIpc) is 2.76. The summed E-state index contributed by atoms with van der Waals surface area (Å²) in [5.41, 5.74) is 1.41. The minimum absolute atomic E-state index is 0.0323. The highest BCUT2D eigenvalue weighted by Crippen LogP contribution is 2.52. The van der Waals surface area contributed by atoms with E-state index in [9.17, 15) is 0 Å². The van der Waals surface area contributed by atoms with Crippen molar-refractivity contribution >= 4 is 36.2 Å². The largest absolute Gasteiger partial charge is 0.362 e. The summed E-state index contributed by atoms with van der Waals surface area (Å²) in [6.07, 6.45) is 0. The van der Waals surface area contributed by atoms with Crippen LogP contribution in [0.15, 0.2) is 30.3 Å². The SMILES string of the molecule is CC(C)(C)[Si](C)(C)OS1=CCSC1c1ccccc1. The van der Waals surface area contributed by atoms with Crippen LogP contribution in [-0.4, -0.2) is 19.4 Å². The molecule has 0 bridgehead atoms. The Morgan fingerprint density at radius 3 is 2.42 bits per heavy atom. The van der Waals surface area contributed by atoms with Crippen LogP contribution in [0.1, 0.15) is 30.9 Å². The zero-order valence-corrected chi connectivity index (χ0v) is 15.1. The van der Waals surface area contributed by atoms with E-state index in [1.54, 1.807) is 0 Å². The molecule has 1 aliphatic heterocycles. The first-order valence-corrected chi connectivity index (χ1v) is 12.0. The average molecular weight is 313 g/mol. The number of hydrogen-bond acceptors (Lipinski definition) is 2. The van der Waals surface area contributed by atoms with Crippen LogP contribution in [0.5, 0.6) is 0 Å². The third kappa shape index (κ3) is 3.54. The van der Waals surface area contributed by atoms with Gasteiger partial charge in [-0.2, -0.15) is 0 Å². The van der Waals surface area contributed by atoms with Crippen LogP contribution in [0.3, 0.4) is 0 Å². The highest BCUT2D eigenvalue weighted by molar-refractivity contribution is 8.26. The Morgan fingerprint density at radius 1 is 1.21 bits per heavy atom. The molecule has 1 aromatic carbocycles. The highest BCUT2D eigenvalue weighted by Gasteiger charge is 2.40. The molecule has 19 heavy (non-hydrogen) atoms. The van der Waals surface area contributed by atoms with Gasteiger partial charge in [-0.15, -0.1) is 11.8 Å². The van der Waals surface area contributed by atoms with Crippen molar-refractivity contribution in [1.82, 2.24) is 0 Å². The molecular formula is C15H24OS2Si. The molecule has 1 nitrogen and oxygen atoms in total. The number of hydrogen-bond donors (Lipinski definition) is 0. The normalized spacial score (nSPS) is 24.3. The van der Waals surface area contributed by atoms with Crippen molar-refractivity contribution in [2.75, 3.05) is 5.75 Å². The maximum Gasteiger partial charge on any atom is 0.210 e. The summed E-state index contributed by atoms with van der Waals surface area (Å²) in [4.78, 5) is 0. The molecule has 0 radical (unpaired) electrons. The molecule has 0 spiro atoms. The van der Waals surface area contributed by atoms with Gasteiger partial charge in [0.15, 0.2) is 0 Å². The first-order chi connectivity index (χ1) is 8.81. The van der Waals surface area contributed by atoms with Gasteiger partial charge in [0, 0.05) is 5.75 Å². The van der Waals surface area contributed by atoms with E-state index in [1.165, 1.54) is 5.56 Å². The van der Waals surface area contributed by atoms with Crippen molar-refractivity contribution in [3.05, 3.63) is 35.9 Å². The standard InChI is InChI=1S/C15H24OS2Si/c1-15(2,3)19(4,5)16-18-12-11-17-14(18)13-9-7-6-8-10-13/h6-10,12,14H,11H2,1-5H3. The fourth-order valence-electron chi connectivity index (χ4n) is 1.63. The minimum atomic E-state index is -1.68. The zero-order valence-electron chi connectivity index (χ0n) is 12.5. The fraction of sp³-hybridized carbons (Fsp3) is 0.533. The summed E-state index contributed by atoms with van der Waals surface area (Å²) in [6.45, 7) is 11.6. The molecular weight excluding hydrogens is 288 g/mol. The lowest BCUT2D eigenvalue weighted by Crippen LogP contribution is -2.39. The molecule has 1 heterocycles. The van der Waals surface area contributed by atoms with Gasteiger partial charge in [-0.05, 0) is 29.1 Å². The van der Waals surface area contributed by atoms with Gasteiger partial charge < -0.3 is 3.87 Å². The van der Waals surface area contributed by atoms with Crippen LogP contribution in [0.25, 0.3) is 0 Å². The molecule has 4 heteroatoms. The molecule has 1 aromatic rings. The predicted molar refractivity (Wildman–Crippen MR) is 93.6 cm³/mol. The Balaban J connectivity index is 2.17. The van der Waals surface area contributed by atoms with Crippen molar-refractivity contribution < 1.29 is 3.87 Å². The molecule has 2 atom stereocenters. The number of rotatable bonds is 3. The van der Waals surface area contributed by atoms with Crippen molar-refractivity contribution in [1.29, 1.82) is 0 Å². The van der Waals surface area contributed by atoms with Crippen LogP contribution >= 0.6 is 22.5 Å². The Bertz CT molecular complexity index is 463.